The van der Waals surface area contributed by atoms with Gasteiger partial charge in [-0.1, -0.05) is 6.07 Å². The number of alkyl halides is 1. The summed E-state index contributed by atoms with van der Waals surface area (Å²) in [4.78, 5) is 30.2. The number of imidazole rings is 1. The molecule has 3 atom stereocenters. The Morgan fingerprint density at radius 3 is 3.03 bits per heavy atom. The van der Waals surface area contributed by atoms with Gasteiger partial charge in [0, 0.05) is 12.1 Å². The summed E-state index contributed by atoms with van der Waals surface area (Å²) in [5.74, 6) is -1.24. The molecule has 0 spiro atoms. The van der Waals surface area contributed by atoms with Crippen LogP contribution < -0.4 is 0 Å². The standard InChI is InChI=1S/C19H13F2N5O3/c1-19(21)11-5-10-12(23-6-22-10)13(26(11)18(27)15-16(19)24-7-28-15)17-25-9-4-2-3-8(20)14(9)29-17/h2-4,6-7,11,13H,5H2,1H3,(H,22,23)/t11?,13-,19?/m0/s1. The maximum Gasteiger partial charge on any atom is 0.293 e. The molecule has 0 radical (unpaired) electrons. The smallest absolute Gasteiger partial charge is 0.293 e. The van der Waals surface area contributed by atoms with Crippen molar-refractivity contribution in [2.24, 2.45) is 0 Å². The highest BCUT2D eigenvalue weighted by molar-refractivity contribution is 5.95. The average molecular weight is 397 g/mol. The summed E-state index contributed by atoms with van der Waals surface area (Å²) in [6.07, 6.45) is 2.72. The molecule has 0 bridgehead atoms. The fourth-order valence-corrected chi connectivity index (χ4v) is 4.35. The molecule has 0 saturated heterocycles. The number of hydrogen-bond donors (Lipinski definition) is 1. The number of aromatic amines is 1. The molecule has 2 aliphatic rings. The quantitative estimate of drug-likeness (QED) is 0.530. The molecular weight excluding hydrogens is 384 g/mol. The molecule has 0 aliphatic carbocycles. The second kappa shape index (κ2) is 5.28. The summed E-state index contributed by atoms with van der Waals surface area (Å²) in [6.45, 7) is 1.36. The van der Waals surface area contributed by atoms with Crippen molar-refractivity contribution in [3.8, 4) is 0 Å². The summed E-state index contributed by atoms with van der Waals surface area (Å²) in [7, 11) is 0. The van der Waals surface area contributed by atoms with E-state index in [1.165, 1.54) is 30.3 Å². The first kappa shape index (κ1) is 16.4. The lowest BCUT2D eigenvalue weighted by molar-refractivity contribution is -0.0103. The summed E-state index contributed by atoms with van der Waals surface area (Å²) in [5.41, 5.74) is -0.618. The lowest BCUT2D eigenvalue weighted by Gasteiger charge is -2.46. The van der Waals surface area contributed by atoms with E-state index in [9.17, 15) is 9.18 Å². The van der Waals surface area contributed by atoms with E-state index in [2.05, 4.69) is 19.9 Å². The van der Waals surface area contributed by atoms with Gasteiger partial charge in [-0.3, -0.25) is 4.79 Å². The second-order valence-electron chi connectivity index (χ2n) is 7.35. The molecular formula is C19H13F2N5O3. The van der Waals surface area contributed by atoms with Gasteiger partial charge in [-0.05, 0) is 19.1 Å². The molecule has 146 valence electrons. The molecule has 6 rings (SSSR count). The van der Waals surface area contributed by atoms with Gasteiger partial charge >= 0.3 is 0 Å². The molecule has 4 aromatic rings. The number of aromatic nitrogens is 4. The predicted molar refractivity (Wildman–Crippen MR) is 93.0 cm³/mol. The number of benzene rings is 1. The Balaban J connectivity index is 1.60. The fourth-order valence-electron chi connectivity index (χ4n) is 4.35. The Kier molecular flexibility index (Phi) is 2.98. The molecule has 2 aliphatic heterocycles. The van der Waals surface area contributed by atoms with Crippen LogP contribution in [-0.2, 0) is 12.1 Å². The molecule has 1 aromatic carbocycles. The molecule has 1 N–H and O–H groups in total. The summed E-state index contributed by atoms with van der Waals surface area (Å²) in [5, 5.41) is 0. The van der Waals surface area contributed by atoms with Crippen molar-refractivity contribution >= 4 is 17.0 Å². The molecule has 0 fully saturated rings. The van der Waals surface area contributed by atoms with Crippen molar-refractivity contribution in [2.45, 2.75) is 31.1 Å². The van der Waals surface area contributed by atoms with Gasteiger partial charge in [0.2, 0.25) is 11.7 Å². The van der Waals surface area contributed by atoms with Crippen molar-refractivity contribution in [2.75, 3.05) is 0 Å². The molecule has 0 saturated carbocycles. The maximum absolute atomic E-state index is 15.9. The van der Waals surface area contributed by atoms with Gasteiger partial charge in [-0.15, -0.1) is 0 Å². The highest BCUT2D eigenvalue weighted by atomic mass is 19.1. The van der Waals surface area contributed by atoms with E-state index in [-0.39, 0.29) is 29.3 Å². The van der Waals surface area contributed by atoms with E-state index in [0.717, 1.165) is 6.39 Å². The molecule has 3 aromatic heterocycles. The zero-order valence-electron chi connectivity index (χ0n) is 15.0. The summed E-state index contributed by atoms with van der Waals surface area (Å²) < 4.78 is 41.0. The molecule has 2 unspecified atom stereocenters. The lowest BCUT2D eigenvalue weighted by atomic mass is 9.80. The van der Waals surface area contributed by atoms with Crippen LogP contribution in [0.3, 0.4) is 0 Å². The average Bonchev–Trinajstić information content (AvgIpc) is 3.43. The van der Waals surface area contributed by atoms with E-state index in [1.807, 2.05) is 0 Å². The number of carbonyl (C=O) groups is 1. The summed E-state index contributed by atoms with van der Waals surface area (Å²) in [6, 6.07) is 2.53. The number of nitrogens with zero attached hydrogens (tertiary/aromatic N) is 4. The number of fused-ring (bicyclic) bond motifs is 4. The van der Waals surface area contributed by atoms with Gasteiger partial charge in [0.05, 0.1) is 18.1 Å². The van der Waals surface area contributed by atoms with Gasteiger partial charge in [-0.25, -0.2) is 23.7 Å². The van der Waals surface area contributed by atoms with Crippen LogP contribution in [0.5, 0.6) is 0 Å². The van der Waals surface area contributed by atoms with Gasteiger partial charge in [-0.2, -0.15) is 0 Å². The van der Waals surface area contributed by atoms with E-state index in [4.69, 9.17) is 8.83 Å². The van der Waals surface area contributed by atoms with E-state index < -0.39 is 29.5 Å². The van der Waals surface area contributed by atoms with Crippen molar-refractivity contribution in [3.05, 3.63) is 65.5 Å². The van der Waals surface area contributed by atoms with E-state index in [0.29, 0.717) is 16.9 Å². The normalized spacial score (nSPS) is 25.8. The molecule has 10 heteroatoms. The maximum atomic E-state index is 15.9. The third kappa shape index (κ3) is 2.00. The third-order valence-electron chi connectivity index (χ3n) is 5.72. The highest BCUT2D eigenvalue weighted by Crippen LogP contribution is 2.48. The van der Waals surface area contributed by atoms with Crippen LogP contribution in [0.15, 0.2) is 39.8 Å². The number of rotatable bonds is 1. The monoisotopic (exact) mass is 397 g/mol. The number of nitrogens with one attached hydrogen (secondary N) is 1. The van der Waals surface area contributed by atoms with Crippen LogP contribution in [0, 0.1) is 5.82 Å². The number of halogens is 2. The molecule has 29 heavy (non-hydrogen) atoms. The van der Waals surface area contributed by atoms with Crippen molar-refractivity contribution in [1.29, 1.82) is 0 Å². The minimum absolute atomic E-state index is 0.0328. The molecule has 8 nitrogen and oxygen atoms in total. The van der Waals surface area contributed by atoms with Crippen LogP contribution in [0.4, 0.5) is 8.78 Å². The fraction of sp³-hybridized carbons (Fsp3) is 0.263. The first-order chi connectivity index (χ1) is 14.0. The van der Waals surface area contributed by atoms with E-state index >= 15 is 4.39 Å². The van der Waals surface area contributed by atoms with Crippen LogP contribution in [0.2, 0.25) is 0 Å². The Hall–Kier alpha value is -3.56. The van der Waals surface area contributed by atoms with Crippen LogP contribution in [-0.4, -0.2) is 36.8 Å². The Morgan fingerprint density at radius 1 is 1.34 bits per heavy atom. The molecule has 5 heterocycles. The second-order valence-corrected chi connectivity index (χ2v) is 7.35. The Labute approximate surface area is 161 Å². The number of hydrogen-bond acceptors (Lipinski definition) is 6. The number of H-pyrrole nitrogens is 1. The first-order valence-corrected chi connectivity index (χ1v) is 8.99. The lowest BCUT2D eigenvalue weighted by Crippen LogP contribution is -2.58. The first-order valence-electron chi connectivity index (χ1n) is 8.99. The number of amides is 1. The zero-order valence-corrected chi connectivity index (χ0v) is 15.0. The Bertz CT molecular complexity index is 1290. The van der Waals surface area contributed by atoms with Crippen molar-refractivity contribution in [1.82, 2.24) is 24.8 Å². The van der Waals surface area contributed by atoms with Gasteiger partial charge in [0.25, 0.3) is 5.91 Å². The predicted octanol–water partition coefficient (Wildman–Crippen LogP) is 3.03. The SMILES string of the molecule is CC1(F)c2ncoc2C(=O)N2C1Cc1[nH]cnc1[C@H]2c1nc2cccc(F)c2o1. The van der Waals surface area contributed by atoms with Crippen molar-refractivity contribution in [3.63, 3.8) is 0 Å². The number of carbonyl (C=O) groups excluding carboxylic acids is 1. The topological polar surface area (TPSA) is 101 Å². The van der Waals surface area contributed by atoms with Gasteiger partial charge in [0.15, 0.2) is 29.5 Å². The largest absolute Gasteiger partial charge is 0.438 e. The minimum Gasteiger partial charge on any atom is -0.438 e. The Morgan fingerprint density at radius 2 is 2.21 bits per heavy atom. The van der Waals surface area contributed by atoms with Crippen LogP contribution in [0.1, 0.15) is 46.5 Å². The zero-order chi connectivity index (χ0) is 19.9. The van der Waals surface area contributed by atoms with E-state index in [1.54, 1.807) is 6.07 Å². The summed E-state index contributed by atoms with van der Waals surface area (Å²) >= 11 is 0. The van der Waals surface area contributed by atoms with Gasteiger partial charge in [0.1, 0.15) is 11.2 Å². The minimum atomic E-state index is -1.98. The molecule has 1 amide bonds. The third-order valence-corrected chi connectivity index (χ3v) is 5.72. The number of oxazole rings is 2. The highest BCUT2D eigenvalue weighted by Gasteiger charge is 2.57. The van der Waals surface area contributed by atoms with Crippen molar-refractivity contribution < 1.29 is 22.4 Å². The van der Waals surface area contributed by atoms with Crippen LogP contribution >= 0.6 is 0 Å². The van der Waals surface area contributed by atoms with Gasteiger partial charge < -0.3 is 18.7 Å². The number of para-hydroxylation sites is 1. The van der Waals surface area contributed by atoms with Crippen LogP contribution in [0.25, 0.3) is 11.1 Å².